The summed E-state index contributed by atoms with van der Waals surface area (Å²) in [6.45, 7) is 0.329. The van der Waals surface area contributed by atoms with Crippen LogP contribution in [0.5, 0.6) is 0 Å². The zero-order valence-corrected chi connectivity index (χ0v) is 20.5. The topological polar surface area (TPSA) is 84.4 Å². The van der Waals surface area contributed by atoms with Crippen molar-refractivity contribution in [2.75, 3.05) is 37.4 Å². The minimum atomic E-state index is -4.40. The fraction of sp³-hybridized carbons (Fsp3) is 0.360. The number of hydrogen-bond donors (Lipinski definition) is 3. The number of fused-ring (bicyclic) bond motifs is 1. The fourth-order valence-corrected chi connectivity index (χ4v) is 4.81. The molecule has 2 heterocycles. The second-order valence-corrected chi connectivity index (χ2v) is 10.3. The Bertz CT molecular complexity index is 1370. The molecule has 1 fully saturated rings. The number of halogens is 3. The summed E-state index contributed by atoms with van der Waals surface area (Å²) in [7, 11) is -2.20. The number of anilines is 2. The Morgan fingerprint density at radius 1 is 1.11 bits per heavy atom. The van der Waals surface area contributed by atoms with E-state index in [9.17, 15) is 21.6 Å². The average Bonchev–Trinajstić information content (AvgIpc) is 3.19. The standard InChI is InChI=1S/C25H27F3N4O3S/c1-29-36(33,34)21-9-7-18(8-10-21)30-13-3-4-20-16-22-23(31-19-11-14-35-15-12-19)5-2-6-24(22)32(20)17-25(26,27)28/h2,5-10,16,19,29-31H,11-15,17H2,1H3. The number of alkyl halides is 3. The van der Waals surface area contributed by atoms with E-state index in [1.165, 1.54) is 23.7 Å². The van der Waals surface area contributed by atoms with Crippen molar-refractivity contribution in [2.24, 2.45) is 0 Å². The molecule has 0 aliphatic carbocycles. The molecule has 1 aromatic heterocycles. The minimum Gasteiger partial charge on any atom is -0.382 e. The van der Waals surface area contributed by atoms with Crippen LogP contribution in [0, 0.1) is 11.8 Å². The van der Waals surface area contributed by atoms with E-state index in [0.29, 0.717) is 29.8 Å². The van der Waals surface area contributed by atoms with Gasteiger partial charge in [-0.15, -0.1) is 0 Å². The zero-order valence-electron chi connectivity index (χ0n) is 19.7. The van der Waals surface area contributed by atoms with Crippen molar-refractivity contribution in [1.29, 1.82) is 0 Å². The number of benzene rings is 2. The van der Waals surface area contributed by atoms with E-state index in [1.54, 1.807) is 30.3 Å². The highest BCUT2D eigenvalue weighted by Crippen LogP contribution is 2.31. The van der Waals surface area contributed by atoms with Gasteiger partial charge in [0, 0.05) is 36.0 Å². The van der Waals surface area contributed by atoms with Crippen molar-refractivity contribution >= 4 is 32.3 Å². The molecule has 3 N–H and O–H groups in total. The van der Waals surface area contributed by atoms with E-state index in [-0.39, 0.29) is 23.2 Å². The maximum Gasteiger partial charge on any atom is 0.406 e. The summed E-state index contributed by atoms with van der Waals surface area (Å²) in [6.07, 6.45) is -2.74. The highest BCUT2D eigenvalue weighted by molar-refractivity contribution is 7.89. The smallest absolute Gasteiger partial charge is 0.382 e. The highest BCUT2D eigenvalue weighted by atomic mass is 32.2. The maximum atomic E-state index is 13.4. The van der Waals surface area contributed by atoms with Gasteiger partial charge >= 0.3 is 6.18 Å². The van der Waals surface area contributed by atoms with E-state index in [1.807, 2.05) is 6.07 Å². The van der Waals surface area contributed by atoms with Crippen LogP contribution >= 0.6 is 0 Å². The molecule has 11 heteroatoms. The van der Waals surface area contributed by atoms with Gasteiger partial charge in [-0.1, -0.05) is 12.0 Å². The van der Waals surface area contributed by atoms with Crippen LogP contribution < -0.4 is 15.4 Å². The van der Waals surface area contributed by atoms with E-state index in [4.69, 9.17) is 4.74 Å². The lowest BCUT2D eigenvalue weighted by molar-refractivity contribution is -0.140. The summed E-state index contributed by atoms with van der Waals surface area (Å²) in [5.41, 5.74) is 2.14. The van der Waals surface area contributed by atoms with E-state index < -0.39 is 22.7 Å². The summed E-state index contributed by atoms with van der Waals surface area (Å²) in [5.74, 6) is 5.75. The van der Waals surface area contributed by atoms with Crippen molar-refractivity contribution in [2.45, 2.75) is 36.5 Å². The Morgan fingerprint density at radius 3 is 2.50 bits per heavy atom. The van der Waals surface area contributed by atoms with Gasteiger partial charge in [-0.2, -0.15) is 13.2 Å². The lowest BCUT2D eigenvalue weighted by Crippen LogP contribution is -2.27. The molecule has 0 unspecified atom stereocenters. The van der Waals surface area contributed by atoms with Crippen LogP contribution in [0.4, 0.5) is 24.5 Å². The van der Waals surface area contributed by atoms with Gasteiger partial charge in [0.25, 0.3) is 0 Å². The molecule has 0 spiro atoms. The lowest BCUT2D eigenvalue weighted by atomic mass is 10.1. The number of hydrogen-bond acceptors (Lipinski definition) is 5. The Kier molecular flexibility index (Phi) is 7.78. The number of ether oxygens (including phenoxy) is 1. The van der Waals surface area contributed by atoms with Crippen LogP contribution in [0.2, 0.25) is 0 Å². The second kappa shape index (κ2) is 10.8. The van der Waals surface area contributed by atoms with E-state index >= 15 is 0 Å². The molecule has 2 aromatic carbocycles. The molecule has 4 rings (SSSR count). The molecule has 0 saturated carbocycles. The third-order valence-electron chi connectivity index (χ3n) is 5.89. The summed E-state index contributed by atoms with van der Waals surface area (Å²) in [6, 6.07) is 13.3. The van der Waals surface area contributed by atoms with Crippen molar-refractivity contribution in [3.05, 3.63) is 54.2 Å². The average molecular weight is 521 g/mol. The Balaban J connectivity index is 1.55. The lowest BCUT2D eigenvalue weighted by Gasteiger charge is -2.24. The Hall–Kier alpha value is -3.20. The predicted molar refractivity (Wildman–Crippen MR) is 134 cm³/mol. The first kappa shape index (κ1) is 25.9. The van der Waals surface area contributed by atoms with E-state index in [0.717, 1.165) is 18.5 Å². The van der Waals surface area contributed by atoms with Crippen molar-refractivity contribution in [3.8, 4) is 11.8 Å². The summed E-state index contributed by atoms with van der Waals surface area (Å²) < 4.78 is 72.7. The van der Waals surface area contributed by atoms with Gasteiger partial charge in [0.2, 0.25) is 10.0 Å². The number of sulfonamides is 1. The van der Waals surface area contributed by atoms with Crippen LogP contribution in [0.3, 0.4) is 0 Å². The first-order chi connectivity index (χ1) is 17.2. The number of nitrogens with one attached hydrogen (secondary N) is 3. The largest absolute Gasteiger partial charge is 0.406 e. The molecule has 3 aromatic rings. The van der Waals surface area contributed by atoms with Gasteiger partial charge in [0.15, 0.2) is 0 Å². The van der Waals surface area contributed by atoms with Gasteiger partial charge in [-0.05, 0) is 68.3 Å². The fourth-order valence-electron chi connectivity index (χ4n) is 4.08. The molecule has 1 saturated heterocycles. The number of aromatic nitrogens is 1. The normalized spacial score (nSPS) is 14.9. The number of nitrogens with zero attached hydrogens (tertiary/aromatic N) is 1. The third kappa shape index (κ3) is 6.32. The zero-order chi connectivity index (χ0) is 25.8. The van der Waals surface area contributed by atoms with Gasteiger partial charge < -0.3 is 19.9 Å². The molecule has 0 radical (unpaired) electrons. The van der Waals surface area contributed by atoms with Crippen molar-refractivity contribution in [3.63, 3.8) is 0 Å². The number of rotatable bonds is 7. The van der Waals surface area contributed by atoms with Gasteiger partial charge in [0.1, 0.15) is 6.54 Å². The molecule has 7 nitrogen and oxygen atoms in total. The van der Waals surface area contributed by atoms with E-state index in [2.05, 4.69) is 27.2 Å². The molecule has 1 aliphatic rings. The van der Waals surface area contributed by atoms with Crippen LogP contribution in [-0.4, -0.2) is 52.0 Å². The molecular formula is C25H27F3N4O3S. The quantitative estimate of drug-likeness (QED) is 0.408. The molecule has 0 atom stereocenters. The molecular weight excluding hydrogens is 493 g/mol. The monoisotopic (exact) mass is 520 g/mol. The van der Waals surface area contributed by atoms with Crippen LogP contribution in [0.1, 0.15) is 18.5 Å². The Morgan fingerprint density at radius 2 is 1.83 bits per heavy atom. The SMILES string of the molecule is CNS(=O)(=O)c1ccc(NCC#Cc2cc3c(NC4CCOCC4)cccc3n2CC(F)(F)F)cc1. The van der Waals surface area contributed by atoms with Gasteiger partial charge in [-0.3, -0.25) is 0 Å². The summed E-state index contributed by atoms with van der Waals surface area (Å²) in [5, 5.41) is 7.17. The first-order valence-corrected chi connectivity index (χ1v) is 12.9. The predicted octanol–water partition coefficient (Wildman–Crippen LogP) is 4.17. The van der Waals surface area contributed by atoms with Crippen LogP contribution in [0.25, 0.3) is 10.9 Å². The van der Waals surface area contributed by atoms with Crippen LogP contribution in [-0.2, 0) is 21.3 Å². The van der Waals surface area contributed by atoms with Gasteiger partial charge in [-0.25, -0.2) is 13.1 Å². The second-order valence-electron chi connectivity index (χ2n) is 8.39. The van der Waals surface area contributed by atoms with Crippen molar-refractivity contribution in [1.82, 2.24) is 9.29 Å². The highest BCUT2D eigenvalue weighted by Gasteiger charge is 2.30. The molecule has 36 heavy (non-hydrogen) atoms. The first-order valence-electron chi connectivity index (χ1n) is 11.5. The third-order valence-corrected chi connectivity index (χ3v) is 7.33. The summed E-state index contributed by atoms with van der Waals surface area (Å²) in [4.78, 5) is 0.128. The summed E-state index contributed by atoms with van der Waals surface area (Å²) >= 11 is 0. The van der Waals surface area contributed by atoms with Crippen molar-refractivity contribution < 1.29 is 26.3 Å². The van der Waals surface area contributed by atoms with Gasteiger partial charge in [0.05, 0.1) is 22.7 Å². The molecule has 192 valence electrons. The minimum absolute atomic E-state index is 0.128. The molecule has 0 bridgehead atoms. The van der Waals surface area contributed by atoms with Crippen LogP contribution in [0.15, 0.2) is 53.4 Å². The molecule has 0 amide bonds. The maximum absolute atomic E-state index is 13.4. The molecule has 1 aliphatic heterocycles. The Labute approximate surface area is 208 Å².